The van der Waals surface area contributed by atoms with Gasteiger partial charge in [-0.3, -0.25) is 9.69 Å². The van der Waals surface area contributed by atoms with Crippen LogP contribution in [0.25, 0.3) is 4.96 Å². The van der Waals surface area contributed by atoms with E-state index in [-0.39, 0.29) is 5.56 Å². The molecule has 2 fully saturated rings. The van der Waals surface area contributed by atoms with E-state index >= 15 is 0 Å². The standard InChI is InChI=1S/C16H23N5OS/c22-14-6-7-17-15-21(14)18-16(23-15)20-10-8-19(9-11-20)12-13-4-2-1-3-5-13/h6-7,13H,1-5,8-12H2. The first-order valence-electron chi connectivity index (χ1n) is 8.62. The molecule has 0 atom stereocenters. The van der Waals surface area contributed by atoms with Crippen LogP contribution in [0.2, 0.25) is 0 Å². The average molecular weight is 333 g/mol. The van der Waals surface area contributed by atoms with Crippen LogP contribution in [0.4, 0.5) is 5.13 Å². The van der Waals surface area contributed by atoms with Crippen molar-refractivity contribution in [2.75, 3.05) is 37.6 Å². The van der Waals surface area contributed by atoms with Gasteiger partial charge in [-0.15, -0.1) is 5.10 Å². The van der Waals surface area contributed by atoms with Crippen LogP contribution < -0.4 is 10.5 Å². The first-order chi connectivity index (χ1) is 11.3. The molecule has 1 aliphatic carbocycles. The highest BCUT2D eigenvalue weighted by Gasteiger charge is 2.23. The molecule has 124 valence electrons. The molecule has 2 aromatic rings. The van der Waals surface area contributed by atoms with E-state index in [9.17, 15) is 4.79 Å². The van der Waals surface area contributed by atoms with Crippen LogP contribution in [0.3, 0.4) is 0 Å². The molecule has 2 aromatic heterocycles. The lowest BCUT2D eigenvalue weighted by molar-refractivity contribution is 0.192. The maximum absolute atomic E-state index is 11.8. The first kappa shape index (κ1) is 15.1. The molecular weight excluding hydrogens is 310 g/mol. The molecule has 1 aliphatic heterocycles. The number of piperazine rings is 1. The molecule has 1 saturated carbocycles. The van der Waals surface area contributed by atoms with Crippen molar-refractivity contribution in [1.82, 2.24) is 19.5 Å². The first-order valence-corrected chi connectivity index (χ1v) is 9.43. The summed E-state index contributed by atoms with van der Waals surface area (Å²) in [5.74, 6) is 0.903. The number of hydrogen-bond donors (Lipinski definition) is 0. The summed E-state index contributed by atoms with van der Waals surface area (Å²) in [5.41, 5.74) is -0.103. The second-order valence-corrected chi connectivity index (χ2v) is 7.59. The lowest BCUT2D eigenvalue weighted by Crippen LogP contribution is -2.48. The molecule has 0 N–H and O–H groups in total. The Labute approximate surface area is 139 Å². The molecule has 23 heavy (non-hydrogen) atoms. The molecular formula is C16H23N5OS. The van der Waals surface area contributed by atoms with E-state index in [2.05, 4.69) is 19.9 Å². The largest absolute Gasteiger partial charge is 0.344 e. The number of fused-ring (bicyclic) bond motifs is 1. The van der Waals surface area contributed by atoms with Crippen molar-refractivity contribution >= 4 is 21.4 Å². The molecule has 0 radical (unpaired) electrons. The molecule has 2 aliphatic rings. The lowest BCUT2D eigenvalue weighted by atomic mass is 9.89. The minimum absolute atomic E-state index is 0.103. The number of hydrogen-bond acceptors (Lipinski definition) is 6. The highest BCUT2D eigenvalue weighted by Crippen LogP contribution is 2.26. The molecule has 0 bridgehead atoms. The van der Waals surface area contributed by atoms with E-state index < -0.39 is 0 Å². The third-order valence-corrected chi connectivity index (χ3v) is 6.03. The Kier molecular flexibility index (Phi) is 4.31. The minimum atomic E-state index is -0.103. The molecule has 0 unspecified atom stereocenters. The number of aromatic nitrogens is 3. The fourth-order valence-electron chi connectivity index (χ4n) is 3.72. The number of anilines is 1. The second kappa shape index (κ2) is 6.57. The Morgan fingerprint density at radius 1 is 1.13 bits per heavy atom. The van der Waals surface area contributed by atoms with Gasteiger partial charge >= 0.3 is 0 Å². The van der Waals surface area contributed by atoms with E-state index in [1.54, 1.807) is 6.20 Å². The van der Waals surface area contributed by atoms with Gasteiger partial charge in [-0.1, -0.05) is 30.6 Å². The van der Waals surface area contributed by atoms with Gasteiger partial charge < -0.3 is 4.90 Å². The Morgan fingerprint density at radius 3 is 2.65 bits per heavy atom. The van der Waals surface area contributed by atoms with Gasteiger partial charge in [-0.2, -0.15) is 4.52 Å². The maximum Gasteiger partial charge on any atom is 0.275 e. The van der Waals surface area contributed by atoms with Gasteiger partial charge in [0.05, 0.1) is 0 Å². The van der Waals surface area contributed by atoms with Crippen LogP contribution >= 0.6 is 11.3 Å². The predicted molar refractivity (Wildman–Crippen MR) is 92.4 cm³/mol. The third kappa shape index (κ3) is 3.26. The normalized spacial score (nSPS) is 21.1. The smallest absolute Gasteiger partial charge is 0.275 e. The highest BCUT2D eigenvalue weighted by molar-refractivity contribution is 7.20. The van der Waals surface area contributed by atoms with Crippen LogP contribution in [0.1, 0.15) is 32.1 Å². The summed E-state index contributed by atoms with van der Waals surface area (Å²) < 4.78 is 1.41. The van der Waals surface area contributed by atoms with Crippen molar-refractivity contribution in [3.63, 3.8) is 0 Å². The molecule has 3 heterocycles. The van der Waals surface area contributed by atoms with Crippen LogP contribution in [0, 0.1) is 5.92 Å². The third-order valence-electron chi connectivity index (χ3n) is 5.04. The van der Waals surface area contributed by atoms with Gasteiger partial charge in [-0.25, -0.2) is 4.98 Å². The molecule has 1 saturated heterocycles. The van der Waals surface area contributed by atoms with Crippen LogP contribution in [-0.4, -0.2) is 52.2 Å². The van der Waals surface area contributed by atoms with Crippen molar-refractivity contribution in [3.05, 3.63) is 22.6 Å². The summed E-state index contributed by atoms with van der Waals surface area (Å²) >= 11 is 1.50. The van der Waals surface area contributed by atoms with Crippen molar-refractivity contribution in [2.45, 2.75) is 32.1 Å². The Balaban J connectivity index is 1.38. The van der Waals surface area contributed by atoms with Crippen molar-refractivity contribution in [3.8, 4) is 0 Å². The molecule has 6 nitrogen and oxygen atoms in total. The van der Waals surface area contributed by atoms with Gasteiger partial charge in [-0.05, 0) is 18.8 Å². The summed E-state index contributed by atoms with van der Waals surface area (Å²) in [4.78, 5) is 21.6. The summed E-state index contributed by atoms with van der Waals surface area (Å²) in [6.45, 7) is 5.42. The zero-order chi connectivity index (χ0) is 15.6. The zero-order valence-electron chi connectivity index (χ0n) is 13.4. The minimum Gasteiger partial charge on any atom is -0.344 e. The Hall–Kier alpha value is -1.47. The van der Waals surface area contributed by atoms with Gasteiger partial charge in [0.2, 0.25) is 10.1 Å². The fourth-order valence-corrected chi connectivity index (χ4v) is 4.65. The van der Waals surface area contributed by atoms with Gasteiger partial charge in [0.1, 0.15) is 0 Å². The monoisotopic (exact) mass is 333 g/mol. The lowest BCUT2D eigenvalue weighted by Gasteiger charge is -2.36. The Bertz CT molecular complexity index is 713. The van der Waals surface area contributed by atoms with E-state index in [1.165, 1.54) is 60.6 Å². The van der Waals surface area contributed by atoms with Crippen molar-refractivity contribution in [1.29, 1.82) is 0 Å². The quantitative estimate of drug-likeness (QED) is 0.858. The number of rotatable bonds is 3. The van der Waals surface area contributed by atoms with Crippen molar-refractivity contribution in [2.24, 2.45) is 5.92 Å². The van der Waals surface area contributed by atoms with E-state index in [0.717, 1.165) is 37.2 Å². The SMILES string of the molecule is O=c1ccnc2sc(N3CCN(CC4CCCCC4)CC3)nn12. The molecule has 4 rings (SSSR count). The van der Waals surface area contributed by atoms with E-state index in [0.29, 0.717) is 4.96 Å². The Morgan fingerprint density at radius 2 is 1.91 bits per heavy atom. The fraction of sp³-hybridized carbons (Fsp3) is 0.688. The summed E-state index contributed by atoms with van der Waals surface area (Å²) in [6.07, 6.45) is 8.63. The highest BCUT2D eigenvalue weighted by atomic mass is 32.1. The van der Waals surface area contributed by atoms with Gasteiger partial charge in [0.25, 0.3) is 5.56 Å². The van der Waals surface area contributed by atoms with E-state index in [1.807, 2.05) is 0 Å². The topological polar surface area (TPSA) is 53.7 Å². The van der Waals surface area contributed by atoms with Crippen LogP contribution in [0.5, 0.6) is 0 Å². The van der Waals surface area contributed by atoms with Gasteiger partial charge in [0, 0.05) is 45.0 Å². The average Bonchev–Trinajstić information content (AvgIpc) is 3.02. The number of nitrogens with zero attached hydrogens (tertiary/aromatic N) is 5. The molecule has 7 heteroatoms. The summed E-state index contributed by atoms with van der Waals surface area (Å²) in [5, 5.41) is 5.36. The second-order valence-electron chi connectivity index (χ2n) is 6.65. The van der Waals surface area contributed by atoms with Crippen LogP contribution in [0.15, 0.2) is 17.1 Å². The molecule has 0 aromatic carbocycles. The maximum atomic E-state index is 11.8. The molecule has 0 spiro atoms. The predicted octanol–water partition coefficient (Wildman–Crippen LogP) is 1.85. The summed E-state index contributed by atoms with van der Waals surface area (Å²) in [6, 6.07) is 1.46. The van der Waals surface area contributed by atoms with Crippen molar-refractivity contribution < 1.29 is 0 Å². The molecule has 0 amide bonds. The zero-order valence-corrected chi connectivity index (χ0v) is 14.2. The summed E-state index contributed by atoms with van der Waals surface area (Å²) in [7, 11) is 0. The van der Waals surface area contributed by atoms with Gasteiger partial charge in [0.15, 0.2) is 0 Å². The van der Waals surface area contributed by atoms with E-state index in [4.69, 9.17) is 0 Å². The van der Waals surface area contributed by atoms with Crippen LogP contribution in [-0.2, 0) is 0 Å².